The van der Waals surface area contributed by atoms with E-state index in [1.54, 1.807) is 6.92 Å². The van der Waals surface area contributed by atoms with Crippen molar-refractivity contribution in [1.29, 1.82) is 0 Å². The molecular formula is C16H18ClF3N6O2. The Morgan fingerprint density at radius 2 is 2.04 bits per heavy atom. The molecule has 0 radical (unpaired) electrons. The van der Waals surface area contributed by atoms with Gasteiger partial charge in [0.2, 0.25) is 5.91 Å². The maximum atomic E-state index is 13.2. The zero-order chi connectivity index (χ0) is 20.8. The number of anilines is 1. The van der Waals surface area contributed by atoms with Gasteiger partial charge in [-0.25, -0.2) is 0 Å². The molecule has 2 aromatic rings. The first-order chi connectivity index (χ1) is 13.0. The number of nitrogens with two attached hydrogens (primary N) is 1. The van der Waals surface area contributed by atoms with Gasteiger partial charge in [0.05, 0.1) is 16.4 Å². The fourth-order valence-electron chi connectivity index (χ4n) is 2.83. The van der Waals surface area contributed by atoms with Crippen LogP contribution in [0.3, 0.4) is 0 Å². The summed E-state index contributed by atoms with van der Waals surface area (Å²) in [5.74, 6) is -1.68. The van der Waals surface area contributed by atoms with Crippen LogP contribution in [-0.4, -0.2) is 31.4 Å². The van der Waals surface area contributed by atoms with Gasteiger partial charge in [-0.2, -0.15) is 23.4 Å². The van der Waals surface area contributed by atoms with Crippen molar-refractivity contribution in [1.82, 2.24) is 19.6 Å². The number of carbonyl (C=O) groups excluding carboxylic acids is 2. The number of hydrogen-bond acceptors (Lipinski definition) is 4. The first-order valence-electron chi connectivity index (χ1n) is 8.57. The maximum Gasteiger partial charge on any atom is 0.436 e. The summed E-state index contributed by atoms with van der Waals surface area (Å²) in [6.07, 6.45) is -1.97. The molecule has 1 fully saturated rings. The quantitative estimate of drug-likeness (QED) is 0.751. The molecular weight excluding hydrogens is 401 g/mol. The molecule has 8 nitrogen and oxygen atoms in total. The van der Waals surface area contributed by atoms with E-state index in [1.807, 2.05) is 0 Å². The monoisotopic (exact) mass is 418 g/mol. The highest BCUT2D eigenvalue weighted by Crippen LogP contribution is 2.47. The Kier molecular flexibility index (Phi) is 5.13. The maximum absolute atomic E-state index is 13.2. The Balaban J connectivity index is 1.92. The molecule has 1 atom stereocenters. The highest BCUT2D eigenvalue weighted by atomic mass is 35.5. The molecule has 0 saturated heterocycles. The molecule has 2 heterocycles. The van der Waals surface area contributed by atoms with Gasteiger partial charge in [-0.05, 0) is 26.7 Å². The van der Waals surface area contributed by atoms with E-state index < -0.39 is 34.7 Å². The molecule has 2 amide bonds. The summed E-state index contributed by atoms with van der Waals surface area (Å²) in [5.41, 5.74) is 4.18. The first kappa shape index (κ1) is 20.2. The molecule has 0 aromatic carbocycles. The largest absolute Gasteiger partial charge is 0.436 e. The van der Waals surface area contributed by atoms with Crippen LogP contribution in [0.25, 0.3) is 0 Å². The normalized spacial score (nSPS) is 15.5. The smallest absolute Gasteiger partial charge is 0.364 e. The lowest BCUT2D eigenvalue weighted by molar-refractivity contribution is -0.141. The van der Waals surface area contributed by atoms with E-state index in [0.717, 1.165) is 4.68 Å². The number of amides is 2. The Bertz CT molecular complexity index is 932. The molecule has 152 valence electrons. The minimum absolute atomic E-state index is 0.0773. The van der Waals surface area contributed by atoms with Gasteiger partial charge in [-0.15, -0.1) is 0 Å². The highest BCUT2D eigenvalue weighted by Gasteiger charge is 2.43. The van der Waals surface area contributed by atoms with Gasteiger partial charge in [-0.3, -0.25) is 19.0 Å². The number of nitrogens with one attached hydrogen (secondary N) is 1. The molecule has 0 aliphatic heterocycles. The third-order valence-electron chi connectivity index (χ3n) is 4.44. The Labute approximate surface area is 162 Å². The van der Waals surface area contributed by atoms with Crippen molar-refractivity contribution in [3.05, 3.63) is 28.3 Å². The minimum atomic E-state index is -4.73. The van der Waals surface area contributed by atoms with Crippen LogP contribution in [0.1, 0.15) is 60.5 Å². The number of rotatable bonds is 6. The molecule has 1 aliphatic carbocycles. The average Bonchev–Trinajstić information content (AvgIpc) is 3.25. The van der Waals surface area contributed by atoms with Gasteiger partial charge in [0.25, 0.3) is 5.91 Å². The molecule has 3 rings (SSSR count). The van der Waals surface area contributed by atoms with Crippen molar-refractivity contribution in [3.63, 3.8) is 0 Å². The van der Waals surface area contributed by atoms with Crippen LogP contribution in [0.15, 0.2) is 6.20 Å². The zero-order valence-corrected chi connectivity index (χ0v) is 15.8. The molecule has 0 spiro atoms. The summed E-state index contributed by atoms with van der Waals surface area (Å²) in [6.45, 7) is 3.61. The molecule has 0 bridgehead atoms. The highest BCUT2D eigenvalue weighted by molar-refractivity contribution is 6.32. The summed E-state index contributed by atoms with van der Waals surface area (Å²) in [4.78, 5) is 24.2. The lowest BCUT2D eigenvalue weighted by Crippen LogP contribution is -2.27. The Morgan fingerprint density at radius 1 is 1.39 bits per heavy atom. The SMILES string of the molecule is CCn1cc(NC(=O)C(C)n2nc(C(F)(F)F)c(Cl)c2C2CC2)c(C(N)=O)n1. The lowest BCUT2D eigenvalue weighted by Gasteiger charge is -2.15. The predicted octanol–water partition coefficient (Wildman–Crippen LogP) is 2.95. The zero-order valence-electron chi connectivity index (χ0n) is 15.0. The molecule has 12 heteroatoms. The van der Waals surface area contributed by atoms with E-state index in [2.05, 4.69) is 15.5 Å². The minimum Gasteiger partial charge on any atom is -0.364 e. The second-order valence-electron chi connectivity index (χ2n) is 6.54. The summed E-state index contributed by atoms with van der Waals surface area (Å²) < 4.78 is 42.0. The number of hydrogen-bond donors (Lipinski definition) is 2. The van der Waals surface area contributed by atoms with Crippen LogP contribution >= 0.6 is 11.6 Å². The van der Waals surface area contributed by atoms with Crippen molar-refractivity contribution < 1.29 is 22.8 Å². The lowest BCUT2D eigenvalue weighted by atomic mass is 10.2. The number of alkyl halides is 3. The fraction of sp³-hybridized carbons (Fsp3) is 0.500. The second-order valence-corrected chi connectivity index (χ2v) is 6.92. The fourth-order valence-corrected chi connectivity index (χ4v) is 3.22. The molecule has 1 aliphatic rings. The van der Waals surface area contributed by atoms with E-state index >= 15 is 0 Å². The van der Waals surface area contributed by atoms with Crippen molar-refractivity contribution >= 4 is 29.1 Å². The van der Waals surface area contributed by atoms with Crippen LogP contribution in [0.4, 0.5) is 18.9 Å². The standard InChI is InChI=1S/C16H18ClF3N6O2/c1-3-25-6-9(11(23-25)14(21)27)22-15(28)7(2)26-12(8-4-5-8)10(17)13(24-26)16(18,19)20/h6-8H,3-5H2,1-2H3,(H2,21,27)(H,22,28). The van der Waals surface area contributed by atoms with Crippen molar-refractivity contribution in [2.75, 3.05) is 5.32 Å². The molecule has 1 saturated carbocycles. The van der Waals surface area contributed by atoms with E-state index in [0.29, 0.717) is 19.4 Å². The predicted molar refractivity (Wildman–Crippen MR) is 94.0 cm³/mol. The van der Waals surface area contributed by atoms with Crippen molar-refractivity contribution in [2.45, 2.75) is 51.4 Å². The van der Waals surface area contributed by atoms with Crippen molar-refractivity contribution in [2.24, 2.45) is 5.73 Å². The topological polar surface area (TPSA) is 108 Å². The number of nitrogens with zero attached hydrogens (tertiary/aromatic N) is 4. The summed E-state index contributed by atoms with van der Waals surface area (Å²) in [6, 6.07) is -1.10. The Hall–Kier alpha value is -2.56. The average molecular weight is 419 g/mol. The van der Waals surface area contributed by atoms with Gasteiger partial charge in [0, 0.05) is 18.7 Å². The van der Waals surface area contributed by atoms with Crippen LogP contribution in [0, 0.1) is 0 Å². The van der Waals surface area contributed by atoms with Crippen LogP contribution in [0.5, 0.6) is 0 Å². The molecule has 3 N–H and O–H groups in total. The number of aryl methyl sites for hydroxylation is 1. The number of aromatic nitrogens is 4. The Morgan fingerprint density at radius 3 is 2.54 bits per heavy atom. The van der Waals surface area contributed by atoms with Crippen LogP contribution in [0.2, 0.25) is 5.02 Å². The van der Waals surface area contributed by atoms with Crippen LogP contribution in [-0.2, 0) is 17.5 Å². The van der Waals surface area contributed by atoms with Gasteiger partial charge < -0.3 is 11.1 Å². The van der Waals surface area contributed by atoms with Gasteiger partial charge in [-0.1, -0.05) is 11.6 Å². The second kappa shape index (κ2) is 7.12. The first-order valence-corrected chi connectivity index (χ1v) is 8.95. The summed E-state index contributed by atoms with van der Waals surface area (Å²) in [7, 11) is 0. The van der Waals surface area contributed by atoms with Gasteiger partial charge in [0.15, 0.2) is 11.4 Å². The van der Waals surface area contributed by atoms with E-state index in [-0.39, 0.29) is 23.0 Å². The van der Waals surface area contributed by atoms with E-state index in [4.69, 9.17) is 17.3 Å². The van der Waals surface area contributed by atoms with E-state index in [9.17, 15) is 22.8 Å². The third kappa shape index (κ3) is 3.71. The van der Waals surface area contributed by atoms with Gasteiger partial charge in [0.1, 0.15) is 6.04 Å². The van der Waals surface area contributed by atoms with Crippen molar-refractivity contribution in [3.8, 4) is 0 Å². The number of halogens is 4. The molecule has 1 unspecified atom stereocenters. The van der Waals surface area contributed by atoms with Gasteiger partial charge >= 0.3 is 6.18 Å². The molecule has 28 heavy (non-hydrogen) atoms. The molecule has 2 aromatic heterocycles. The number of carbonyl (C=O) groups is 2. The van der Waals surface area contributed by atoms with E-state index in [1.165, 1.54) is 17.8 Å². The number of primary amides is 1. The summed E-state index contributed by atoms with van der Waals surface area (Å²) >= 11 is 5.94. The van der Waals surface area contributed by atoms with Crippen LogP contribution < -0.4 is 11.1 Å². The third-order valence-corrected chi connectivity index (χ3v) is 4.82. The summed E-state index contributed by atoms with van der Waals surface area (Å²) in [5, 5.41) is 9.54.